The Balaban J connectivity index is 1.60. The summed E-state index contributed by atoms with van der Waals surface area (Å²) in [5.74, 6) is 0.738. The molecule has 0 aliphatic rings. The summed E-state index contributed by atoms with van der Waals surface area (Å²) < 4.78 is 7.92. The quantitative estimate of drug-likeness (QED) is 0.694. The van der Waals surface area contributed by atoms with E-state index in [0.717, 1.165) is 4.47 Å². The van der Waals surface area contributed by atoms with Crippen LogP contribution in [0.4, 0.5) is 5.82 Å². The zero-order chi connectivity index (χ0) is 16.9. The fourth-order valence-electron chi connectivity index (χ4n) is 1.88. The van der Waals surface area contributed by atoms with Crippen LogP contribution in [0, 0.1) is 0 Å². The van der Waals surface area contributed by atoms with E-state index in [2.05, 4.69) is 31.3 Å². The van der Waals surface area contributed by atoms with E-state index in [4.69, 9.17) is 16.3 Å². The van der Waals surface area contributed by atoms with Crippen molar-refractivity contribution in [3.8, 4) is 5.75 Å². The minimum absolute atomic E-state index is 0.171. The van der Waals surface area contributed by atoms with Gasteiger partial charge in [-0.3, -0.25) is 4.79 Å². The molecule has 0 aliphatic carbocycles. The predicted octanol–water partition coefficient (Wildman–Crippen LogP) is 3.98. The smallest absolute Gasteiger partial charge is 0.277 e. The van der Waals surface area contributed by atoms with Crippen molar-refractivity contribution < 1.29 is 9.53 Å². The lowest BCUT2D eigenvalue weighted by Gasteiger charge is -2.06. The summed E-state index contributed by atoms with van der Waals surface area (Å²) in [7, 11) is 0. The molecular formula is C16H12BrClN4O2. The molecule has 2 aromatic heterocycles. The lowest BCUT2D eigenvalue weighted by Crippen LogP contribution is -2.15. The van der Waals surface area contributed by atoms with Crippen molar-refractivity contribution in [1.82, 2.24) is 14.8 Å². The predicted molar refractivity (Wildman–Crippen MR) is 94.2 cm³/mol. The number of anilines is 1. The molecule has 2 heterocycles. The van der Waals surface area contributed by atoms with E-state index in [1.807, 2.05) is 0 Å². The van der Waals surface area contributed by atoms with Gasteiger partial charge in [0.2, 0.25) is 0 Å². The van der Waals surface area contributed by atoms with E-state index in [-0.39, 0.29) is 18.3 Å². The van der Waals surface area contributed by atoms with Crippen molar-refractivity contribution in [3.05, 3.63) is 70.0 Å². The highest BCUT2D eigenvalue weighted by molar-refractivity contribution is 9.10. The number of hydrogen-bond acceptors (Lipinski definition) is 4. The van der Waals surface area contributed by atoms with Crippen LogP contribution in [-0.2, 0) is 6.73 Å². The number of amides is 1. The van der Waals surface area contributed by atoms with Crippen molar-refractivity contribution in [3.63, 3.8) is 0 Å². The maximum atomic E-state index is 12.1. The Morgan fingerprint density at radius 2 is 2.17 bits per heavy atom. The first kappa shape index (κ1) is 16.5. The molecule has 8 heteroatoms. The van der Waals surface area contributed by atoms with Gasteiger partial charge in [-0.25, -0.2) is 9.67 Å². The Morgan fingerprint density at radius 3 is 2.92 bits per heavy atom. The first-order valence-corrected chi connectivity index (χ1v) is 8.12. The van der Waals surface area contributed by atoms with Crippen LogP contribution >= 0.6 is 27.5 Å². The van der Waals surface area contributed by atoms with Gasteiger partial charge in [0, 0.05) is 21.9 Å². The number of pyridine rings is 1. The lowest BCUT2D eigenvalue weighted by molar-refractivity contribution is 0.102. The SMILES string of the molecule is O=C(Nc1ccc(Br)cn1)c1ccn(COc2cccc(Cl)c2)n1. The van der Waals surface area contributed by atoms with Crippen molar-refractivity contribution in [1.29, 1.82) is 0 Å². The molecule has 0 spiro atoms. The number of benzene rings is 1. The normalized spacial score (nSPS) is 10.4. The van der Waals surface area contributed by atoms with Crippen molar-refractivity contribution in [2.45, 2.75) is 6.73 Å². The standard InChI is InChI=1S/C16H12BrClN4O2/c17-11-4-5-15(19-9-11)20-16(23)14-6-7-22(21-14)10-24-13-3-1-2-12(18)8-13/h1-9H,10H2,(H,19,20,23). The van der Waals surface area contributed by atoms with Crippen LogP contribution in [0.3, 0.4) is 0 Å². The number of hydrogen-bond donors (Lipinski definition) is 1. The summed E-state index contributed by atoms with van der Waals surface area (Å²) in [4.78, 5) is 16.2. The minimum atomic E-state index is -0.341. The lowest BCUT2D eigenvalue weighted by atomic mass is 10.3. The molecule has 0 bridgehead atoms. The zero-order valence-electron chi connectivity index (χ0n) is 12.3. The molecule has 0 fully saturated rings. The van der Waals surface area contributed by atoms with Gasteiger partial charge in [-0.15, -0.1) is 0 Å². The summed E-state index contributed by atoms with van der Waals surface area (Å²) in [5, 5.41) is 7.44. The Morgan fingerprint density at radius 1 is 1.29 bits per heavy atom. The molecule has 3 rings (SSSR count). The summed E-state index contributed by atoms with van der Waals surface area (Å²) in [6, 6.07) is 12.2. The second-order valence-corrected chi connectivity index (χ2v) is 6.14. The van der Waals surface area contributed by atoms with Crippen LogP contribution in [0.5, 0.6) is 5.75 Å². The van der Waals surface area contributed by atoms with Crippen LogP contribution in [0.2, 0.25) is 5.02 Å². The highest BCUT2D eigenvalue weighted by Gasteiger charge is 2.10. The third-order valence-corrected chi connectivity index (χ3v) is 3.71. The Hall–Kier alpha value is -2.38. The fraction of sp³-hybridized carbons (Fsp3) is 0.0625. The van der Waals surface area contributed by atoms with Gasteiger partial charge in [0.1, 0.15) is 11.6 Å². The second kappa shape index (κ2) is 7.46. The Kier molecular flexibility index (Phi) is 5.12. The van der Waals surface area contributed by atoms with Gasteiger partial charge in [-0.1, -0.05) is 17.7 Å². The van der Waals surface area contributed by atoms with E-state index in [9.17, 15) is 4.79 Å². The number of aromatic nitrogens is 3. The second-order valence-electron chi connectivity index (χ2n) is 4.79. The maximum Gasteiger partial charge on any atom is 0.277 e. The highest BCUT2D eigenvalue weighted by Crippen LogP contribution is 2.17. The van der Waals surface area contributed by atoms with E-state index >= 15 is 0 Å². The van der Waals surface area contributed by atoms with Gasteiger partial charge in [-0.05, 0) is 52.3 Å². The van der Waals surface area contributed by atoms with Gasteiger partial charge in [0.25, 0.3) is 5.91 Å². The van der Waals surface area contributed by atoms with Gasteiger partial charge >= 0.3 is 0 Å². The van der Waals surface area contributed by atoms with Crippen LogP contribution in [0.15, 0.2) is 59.3 Å². The topological polar surface area (TPSA) is 69.0 Å². The number of carbonyl (C=O) groups is 1. The van der Waals surface area contributed by atoms with Gasteiger partial charge in [0.15, 0.2) is 12.4 Å². The van der Waals surface area contributed by atoms with Crippen molar-refractivity contribution >= 4 is 39.3 Å². The molecular weight excluding hydrogens is 396 g/mol. The minimum Gasteiger partial charge on any atom is -0.471 e. The molecule has 6 nitrogen and oxygen atoms in total. The third kappa shape index (κ3) is 4.33. The summed E-state index contributed by atoms with van der Waals surface area (Å²) >= 11 is 9.18. The maximum absolute atomic E-state index is 12.1. The Bertz CT molecular complexity index is 851. The van der Waals surface area contributed by atoms with Crippen LogP contribution in [0.1, 0.15) is 10.5 Å². The largest absolute Gasteiger partial charge is 0.471 e. The number of rotatable bonds is 5. The van der Waals surface area contributed by atoms with Crippen LogP contribution in [-0.4, -0.2) is 20.7 Å². The number of halogens is 2. The van der Waals surface area contributed by atoms with Crippen molar-refractivity contribution in [2.24, 2.45) is 0 Å². The van der Waals surface area contributed by atoms with Crippen LogP contribution < -0.4 is 10.1 Å². The summed E-state index contributed by atoms with van der Waals surface area (Å²) in [6.07, 6.45) is 3.27. The first-order chi connectivity index (χ1) is 11.6. The van der Waals surface area contributed by atoms with E-state index < -0.39 is 0 Å². The molecule has 3 aromatic rings. The number of nitrogens with one attached hydrogen (secondary N) is 1. The molecule has 1 aromatic carbocycles. The Labute approximate surface area is 151 Å². The average molecular weight is 408 g/mol. The molecule has 24 heavy (non-hydrogen) atoms. The average Bonchev–Trinajstić information content (AvgIpc) is 3.04. The number of nitrogens with zero attached hydrogens (tertiary/aromatic N) is 3. The fourth-order valence-corrected chi connectivity index (χ4v) is 2.30. The number of carbonyl (C=O) groups excluding carboxylic acids is 1. The van der Waals surface area contributed by atoms with Gasteiger partial charge in [0.05, 0.1) is 0 Å². The van der Waals surface area contributed by atoms with Crippen LogP contribution in [0.25, 0.3) is 0 Å². The van der Waals surface area contributed by atoms with E-state index in [0.29, 0.717) is 16.6 Å². The van der Waals surface area contributed by atoms with Crippen molar-refractivity contribution in [2.75, 3.05) is 5.32 Å². The first-order valence-electron chi connectivity index (χ1n) is 6.95. The van der Waals surface area contributed by atoms with Gasteiger partial charge < -0.3 is 10.1 Å². The summed E-state index contributed by atoms with van der Waals surface area (Å²) in [6.45, 7) is 0.171. The molecule has 0 saturated carbocycles. The zero-order valence-corrected chi connectivity index (χ0v) is 14.7. The molecule has 122 valence electrons. The monoisotopic (exact) mass is 406 g/mol. The highest BCUT2D eigenvalue weighted by atomic mass is 79.9. The molecule has 1 N–H and O–H groups in total. The van der Waals surface area contributed by atoms with E-state index in [1.54, 1.807) is 54.9 Å². The van der Waals surface area contributed by atoms with Gasteiger partial charge in [-0.2, -0.15) is 5.10 Å². The molecule has 0 aliphatic heterocycles. The molecule has 0 saturated heterocycles. The summed E-state index contributed by atoms with van der Waals surface area (Å²) in [5.41, 5.74) is 0.273. The molecule has 1 amide bonds. The molecule has 0 radical (unpaired) electrons. The molecule has 0 atom stereocenters. The van der Waals surface area contributed by atoms with E-state index in [1.165, 1.54) is 4.68 Å². The number of ether oxygens (including phenoxy) is 1. The third-order valence-electron chi connectivity index (χ3n) is 3.00. The molecule has 0 unspecified atom stereocenters.